The van der Waals surface area contributed by atoms with E-state index in [1.807, 2.05) is 19.2 Å². The second-order valence-electron chi connectivity index (χ2n) is 5.30. The van der Waals surface area contributed by atoms with Gasteiger partial charge >= 0.3 is 0 Å². The van der Waals surface area contributed by atoms with Gasteiger partial charge in [-0.1, -0.05) is 20.8 Å². The largest absolute Gasteiger partial charge is 0.302 e. The van der Waals surface area contributed by atoms with Crippen LogP contribution in [-0.4, -0.2) is 12.1 Å². The monoisotopic (exact) mass is 344 g/mol. The number of thiophene rings is 1. The number of hydrogen-bond donors (Lipinski definition) is 0. The second-order valence-corrected chi connectivity index (χ2v) is 7.24. The number of aldehydes is 1. The van der Waals surface area contributed by atoms with E-state index >= 15 is 0 Å². The SMILES string of the molecule is CC[C@H](CC(C)C)C(=O)C(C=O)c1c(Br)csc1C. The minimum Gasteiger partial charge on any atom is -0.302 e. The molecular formula is C15H21BrO2S. The summed E-state index contributed by atoms with van der Waals surface area (Å²) in [5.41, 5.74) is 0.854. The molecule has 4 heteroatoms. The van der Waals surface area contributed by atoms with Gasteiger partial charge in [0.25, 0.3) is 0 Å². The number of hydrogen-bond acceptors (Lipinski definition) is 3. The van der Waals surface area contributed by atoms with Crippen molar-refractivity contribution in [1.29, 1.82) is 0 Å². The van der Waals surface area contributed by atoms with Crippen LogP contribution >= 0.6 is 27.3 Å². The van der Waals surface area contributed by atoms with Crippen LogP contribution in [0.5, 0.6) is 0 Å². The highest BCUT2D eigenvalue weighted by atomic mass is 79.9. The third-order valence-electron chi connectivity index (χ3n) is 3.38. The second kappa shape index (κ2) is 7.34. The van der Waals surface area contributed by atoms with Gasteiger partial charge < -0.3 is 4.79 Å². The first-order valence-corrected chi connectivity index (χ1v) is 8.32. The van der Waals surface area contributed by atoms with Crippen LogP contribution in [0.2, 0.25) is 0 Å². The Morgan fingerprint density at radius 3 is 2.47 bits per heavy atom. The van der Waals surface area contributed by atoms with E-state index in [0.717, 1.165) is 34.0 Å². The summed E-state index contributed by atoms with van der Waals surface area (Å²) in [6.07, 6.45) is 2.44. The molecule has 1 aromatic heterocycles. The Morgan fingerprint density at radius 1 is 1.47 bits per heavy atom. The summed E-state index contributed by atoms with van der Waals surface area (Å²) in [5, 5.41) is 1.94. The summed E-state index contributed by atoms with van der Waals surface area (Å²) in [6, 6.07) is 0. The van der Waals surface area contributed by atoms with Crippen molar-refractivity contribution in [2.45, 2.75) is 46.5 Å². The molecule has 0 saturated carbocycles. The topological polar surface area (TPSA) is 34.1 Å². The molecule has 1 aromatic rings. The van der Waals surface area contributed by atoms with Gasteiger partial charge in [-0.05, 0) is 47.2 Å². The quantitative estimate of drug-likeness (QED) is 0.528. The van der Waals surface area contributed by atoms with Gasteiger partial charge in [-0.2, -0.15) is 0 Å². The maximum absolute atomic E-state index is 12.6. The minimum absolute atomic E-state index is 0.0265. The first-order valence-electron chi connectivity index (χ1n) is 6.64. The molecule has 0 aliphatic heterocycles. The summed E-state index contributed by atoms with van der Waals surface area (Å²) < 4.78 is 0.875. The lowest BCUT2D eigenvalue weighted by atomic mass is 9.83. The molecule has 0 N–H and O–H groups in total. The molecule has 0 aromatic carbocycles. The van der Waals surface area contributed by atoms with Crippen LogP contribution < -0.4 is 0 Å². The Labute approximate surface area is 127 Å². The molecule has 19 heavy (non-hydrogen) atoms. The van der Waals surface area contributed by atoms with E-state index in [9.17, 15) is 9.59 Å². The van der Waals surface area contributed by atoms with Crippen molar-refractivity contribution in [3.05, 3.63) is 20.3 Å². The maximum atomic E-state index is 12.6. The van der Waals surface area contributed by atoms with Crippen LogP contribution in [0.25, 0.3) is 0 Å². The first-order chi connectivity index (χ1) is 8.92. The van der Waals surface area contributed by atoms with Crippen LogP contribution in [0.1, 0.15) is 50.0 Å². The number of rotatable bonds is 7. The summed E-state index contributed by atoms with van der Waals surface area (Å²) in [7, 11) is 0. The van der Waals surface area contributed by atoms with Gasteiger partial charge in [0.2, 0.25) is 0 Å². The number of aryl methyl sites for hydroxylation is 1. The van der Waals surface area contributed by atoms with Gasteiger partial charge in [0.15, 0.2) is 5.78 Å². The van der Waals surface area contributed by atoms with E-state index in [4.69, 9.17) is 0 Å². The van der Waals surface area contributed by atoms with Crippen LogP contribution in [0.3, 0.4) is 0 Å². The minimum atomic E-state index is -0.621. The van der Waals surface area contributed by atoms with Crippen molar-refractivity contribution < 1.29 is 9.59 Å². The van der Waals surface area contributed by atoms with E-state index in [2.05, 4.69) is 29.8 Å². The van der Waals surface area contributed by atoms with E-state index in [-0.39, 0.29) is 11.7 Å². The van der Waals surface area contributed by atoms with Gasteiger partial charge in [0, 0.05) is 20.6 Å². The molecule has 0 aliphatic carbocycles. The molecule has 1 rings (SSSR count). The Hall–Kier alpha value is -0.480. The lowest BCUT2D eigenvalue weighted by Crippen LogP contribution is -2.24. The van der Waals surface area contributed by atoms with Crippen molar-refractivity contribution in [3.63, 3.8) is 0 Å². The van der Waals surface area contributed by atoms with E-state index < -0.39 is 5.92 Å². The average molecular weight is 345 g/mol. The zero-order valence-electron chi connectivity index (χ0n) is 11.9. The lowest BCUT2D eigenvalue weighted by Gasteiger charge is -2.20. The molecule has 0 aliphatic rings. The maximum Gasteiger partial charge on any atom is 0.150 e. The molecule has 2 atom stereocenters. The fraction of sp³-hybridized carbons (Fsp3) is 0.600. The van der Waals surface area contributed by atoms with Crippen molar-refractivity contribution in [3.8, 4) is 0 Å². The van der Waals surface area contributed by atoms with Gasteiger partial charge in [0.1, 0.15) is 12.2 Å². The molecule has 2 nitrogen and oxygen atoms in total. The molecule has 1 unspecified atom stereocenters. The van der Waals surface area contributed by atoms with Gasteiger partial charge in [-0.3, -0.25) is 4.79 Å². The lowest BCUT2D eigenvalue weighted by molar-refractivity contribution is -0.128. The summed E-state index contributed by atoms with van der Waals surface area (Å²) >= 11 is 5.02. The molecular weight excluding hydrogens is 324 g/mol. The fourth-order valence-electron chi connectivity index (χ4n) is 2.39. The van der Waals surface area contributed by atoms with Crippen molar-refractivity contribution >= 4 is 39.3 Å². The number of Topliss-reactive ketones (excluding diaryl/α,β-unsaturated/α-hetero) is 1. The van der Waals surface area contributed by atoms with Crippen LogP contribution in [0, 0.1) is 18.8 Å². The Bertz CT molecular complexity index is 431. The predicted octanol–water partition coefficient (Wildman–Crippen LogP) is 4.74. The molecule has 0 radical (unpaired) electrons. The summed E-state index contributed by atoms with van der Waals surface area (Å²) in [5.74, 6) is -0.118. The van der Waals surface area contributed by atoms with Crippen LogP contribution in [-0.2, 0) is 9.59 Å². The van der Waals surface area contributed by atoms with E-state index in [1.165, 1.54) is 0 Å². The zero-order valence-corrected chi connectivity index (χ0v) is 14.3. The van der Waals surface area contributed by atoms with E-state index in [1.54, 1.807) is 11.3 Å². The number of carbonyl (C=O) groups is 2. The third-order valence-corrected chi connectivity index (χ3v) is 5.27. The summed E-state index contributed by atoms with van der Waals surface area (Å²) in [6.45, 7) is 8.19. The Kier molecular flexibility index (Phi) is 6.40. The molecule has 0 amide bonds. The van der Waals surface area contributed by atoms with Crippen LogP contribution in [0.4, 0.5) is 0 Å². The first kappa shape index (κ1) is 16.6. The number of carbonyl (C=O) groups excluding carboxylic acids is 2. The highest BCUT2D eigenvalue weighted by molar-refractivity contribution is 9.10. The zero-order chi connectivity index (χ0) is 14.6. The number of ketones is 1. The van der Waals surface area contributed by atoms with Crippen molar-refractivity contribution in [1.82, 2.24) is 0 Å². The Balaban J connectivity index is 3.03. The van der Waals surface area contributed by atoms with E-state index in [0.29, 0.717) is 5.92 Å². The molecule has 1 heterocycles. The predicted molar refractivity (Wildman–Crippen MR) is 83.8 cm³/mol. The van der Waals surface area contributed by atoms with Gasteiger partial charge in [-0.15, -0.1) is 11.3 Å². The average Bonchev–Trinajstić information content (AvgIpc) is 2.68. The highest BCUT2D eigenvalue weighted by Crippen LogP contribution is 2.35. The van der Waals surface area contributed by atoms with Crippen molar-refractivity contribution in [2.24, 2.45) is 11.8 Å². The van der Waals surface area contributed by atoms with Gasteiger partial charge in [-0.25, -0.2) is 0 Å². The highest BCUT2D eigenvalue weighted by Gasteiger charge is 2.30. The third kappa shape index (κ3) is 3.99. The smallest absolute Gasteiger partial charge is 0.150 e. The molecule has 0 spiro atoms. The molecule has 0 saturated heterocycles. The fourth-order valence-corrected chi connectivity index (χ4v) is 4.11. The molecule has 0 bridgehead atoms. The Morgan fingerprint density at radius 2 is 2.11 bits per heavy atom. The van der Waals surface area contributed by atoms with Crippen molar-refractivity contribution in [2.75, 3.05) is 0 Å². The van der Waals surface area contributed by atoms with Gasteiger partial charge in [0.05, 0.1) is 0 Å². The molecule has 106 valence electrons. The normalized spacial score (nSPS) is 14.4. The standard InChI is InChI=1S/C15H21BrO2S/c1-5-11(6-9(2)3)15(18)12(7-17)14-10(4)19-8-13(14)16/h7-9,11-12H,5-6H2,1-4H3/t11-,12?/m1/s1. The van der Waals surface area contributed by atoms with Crippen LogP contribution in [0.15, 0.2) is 9.85 Å². The molecule has 0 fully saturated rings. The number of halogens is 1. The summed E-state index contributed by atoms with van der Waals surface area (Å²) in [4.78, 5) is 25.1.